The molecule has 0 saturated heterocycles. The number of benzene rings is 1. The summed E-state index contributed by atoms with van der Waals surface area (Å²) in [5, 5.41) is 2.72. The Kier molecular flexibility index (Phi) is 4.32. The molecule has 5 heteroatoms. The molecule has 0 aliphatic carbocycles. The fraction of sp³-hybridized carbons (Fsp3) is 0.200. The third-order valence-corrected chi connectivity index (χ3v) is 2.65. The molecular formula is C15H17N3O2. The number of anilines is 1. The van der Waals surface area contributed by atoms with E-state index in [-0.39, 0.29) is 11.9 Å². The van der Waals surface area contributed by atoms with Gasteiger partial charge in [-0.2, -0.15) is 0 Å². The van der Waals surface area contributed by atoms with Gasteiger partial charge in [-0.3, -0.25) is 9.78 Å². The molecule has 2 aromatic rings. The first-order chi connectivity index (χ1) is 9.56. The highest BCUT2D eigenvalue weighted by Gasteiger charge is 2.07. The van der Waals surface area contributed by atoms with Crippen molar-refractivity contribution < 1.29 is 9.53 Å². The van der Waals surface area contributed by atoms with Crippen molar-refractivity contribution >= 4 is 11.6 Å². The SMILES string of the molecule is CC(=O)Nc1ccccc1Oc1ccc([C@H](C)N)nc1. The molecule has 0 spiro atoms. The van der Waals surface area contributed by atoms with Crippen LogP contribution in [-0.2, 0) is 4.79 Å². The zero-order chi connectivity index (χ0) is 14.5. The summed E-state index contributed by atoms with van der Waals surface area (Å²) in [6.07, 6.45) is 1.61. The Morgan fingerprint density at radius 3 is 2.65 bits per heavy atom. The fourth-order valence-electron chi connectivity index (χ4n) is 1.70. The van der Waals surface area contributed by atoms with E-state index in [0.717, 1.165) is 5.69 Å². The first kappa shape index (κ1) is 14.0. The summed E-state index contributed by atoms with van der Waals surface area (Å²) in [6, 6.07) is 10.7. The van der Waals surface area contributed by atoms with Crippen LogP contribution in [0.4, 0.5) is 5.69 Å². The maximum absolute atomic E-state index is 11.1. The van der Waals surface area contributed by atoms with E-state index >= 15 is 0 Å². The standard InChI is InChI=1S/C15H17N3O2/c1-10(16)13-8-7-12(9-17-13)20-15-6-4-3-5-14(15)18-11(2)19/h3-10H,16H2,1-2H3,(H,18,19)/t10-/m0/s1. The van der Waals surface area contributed by atoms with Crippen molar-refractivity contribution in [2.24, 2.45) is 5.73 Å². The van der Waals surface area contributed by atoms with Crippen molar-refractivity contribution in [3.63, 3.8) is 0 Å². The van der Waals surface area contributed by atoms with E-state index in [1.807, 2.05) is 25.1 Å². The minimum absolute atomic E-state index is 0.115. The summed E-state index contributed by atoms with van der Waals surface area (Å²) in [7, 11) is 0. The molecule has 0 bridgehead atoms. The van der Waals surface area contributed by atoms with Gasteiger partial charge in [0.1, 0.15) is 5.75 Å². The number of aromatic nitrogens is 1. The summed E-state index contributed by atoms with van der Waals surface area (Å²) < 4.78 is 5.73. The topological polar surface area (TPSA) is 77.2 Å². The number of amides is 1. The van der Waals surface area contributed by atoms with Gasteiger partial charge in [0, 0.05) is 13.0 Å². The molecule has 1 heterocycles. The van der Waals surface area contributed by atoms with Gasteiger partial charge in [-0.1, -0.05) is 12.1 Å². The normalized spacial score (nSPS) is 11.8. The first-order valence-corrected chi connectivity index (χ1v) is 6.32. The Bertz CT molecular complexity index is 594. The quantitative estimate of drug-likeness (QED) is 0.896. The molecule has 104 valence electrons. The van der Waals surface area contributed by atoms with Gasteiger partial charge in [0.05, 0.1) is 17.6 Å². The van der Waals surface area contributed by atoms with Crippen molar-refractivity contribution in [1.29, 1.82) is 0 Å². The van der Waals surface area contributed by atoms with E-state index in [9.17, 15) is 4.79 Å². The number of pyridine rings is 1. The Balaban J connectivity index is 2.19. The van der Waals surface area contributed by atoms with Gasteiger partial charge in [0.15, 0.2) is 5.75 Å². The average Bonchev–Trinajstić information content (AvgIpc) is 2.41. The Labute approximate surface area is 117 Å². The van der Waals surface area contributed by atoms with Gasteiger partial charge < -0.3 is 15.8 Å². The lowest BCUT2D eigenvalue weighted by molar-refractivity contribution is -0.114. The Morgan fingerprint density at radius 2 is 2.05 bits per heavy atom. The van der Waals surface area contributed by atoms with Crippen molar-refractivity contribution in [1.82, 2.24) is 4.98 Å². The minimum Gasteiger partial charge on any atom is -0.454 e. The van der Waals surface area contributed by atoms with Crippen molar-refractivity contribution in [3.05, 3.63) is 48.3 Å². The molecule has 0 unspecified atom stereocenters. The number of nitrogens with two attached hydrogens (primary N) is 1. The van der Waals surface area contributed by atoms with Crippen LogP contribution in [0.25, 0.3) is 0 Å². The fourth-order valence-corrected chi connectivity index (χ4v) is 1.70. The molecule has 3 N–H and O–H groups in total. The molecule has 0 radical (unpaired) electrons. The van der Waals surface area contributed by atoms with Crippen LogP contribution in [0.2, 0.25) is 0 Å². The monoisotopic (exact) mass is 271 g/mol. The molecule has 1 aromatic heterocycles. The molecule has 1 atom stereocenters. The second kappa shape index (κ2) is 6.16. The highest BCUT2D eigenvalue weighted by molar-refractivity contribution is 5.90. The zero-order valence-corrected chi connectivity index (χ0v) is 11.5. The number of rotatable bonds is 4. The van der Waals surface area contributed by atoms with Crippen LogP contribution in [0.15, 0.2) is 42.6 Å². The van der Waals surface area contributed by atoms with Crippen LogP contribution in [0, 0.1) is 0 Å². The number of carbonyl (C=O) groups is 1. The molecule has 5 nitrogen and oxygen atoms in total. The highest BCUT2D eigenvalue weighted by atomic mass is 16.5. The lowest BCUT2D eigenvalue weighted by Crippen LogP contribution is -2.07. The van der Waals surface area contributed by atoms with Gasteiger partial charge in [0.25, 0.3) is 0 Å². The third-order valence-electron chi connectivity index (χ3n) is 2.65. The minimum atomic E-state index is -0.147. The maximum atomic E-state index is 11.1. The van der Waals surface area contributed by atoms with E-state index in [2.05, 4.69) is 10.3 Å². The number of para-hydroxylation sites is 2. The molecule has 0 aliphatic heterocycles. The summed E-state index contributed by atoms with van der Waals surface area (Å²) in [5.74, 6) is 1.01. The van der Waals surface area contributed by atoms with Crippen LogP contribution >= 0.6 is 0 Å². The van der Waals surface area contributed by atoms with E-state index in [4.69, 9.17) is 10.5 Å². The van der Waals surface area contributed by atoms with Crippen LogP contribution in [0.1, 0.15) is 25.6 Å². The lowest BCUT2D eigenvalue weighted by atomic mass is 10.2. The summed E-state index contributed by atoms with van der Waals surface area (Å²) in [5.41, 5.74) is 7.16. The molecule has 2 rings (SSSR count). The molecule has 1 aromatic carbocycles. The second-order valence-electron chi connectivity index (χ2n) is 4.49. The molecular weight excluding hydrogens is 254 g/mol. The molecule has 20 heavy (non-hydrogen) atoms. The summed E-state index contributed by atoms with van der Waals surface area (Å²) in [4.78, 5) is 15.4. The van der Waals surface area contributed by atoms with E-state index in [1.165, 1.54) is 6.92 Å². The van der Waals surface area contributed by atoms with Crippen molar-refractivity contribution in [2.75, 3.05) is 5.32 Å². The smallest absolute Gasteiger partial charge is 0.221 e. The van der Waals surface area contributed by atoms with Crippen LogP contribution in [0.3, 0.4) is 0 Å². The predicted octanol–water partition coefficient (Wildman–Crippen LogP) is 2.85. The highest BCUT2D eigenvalue weighted by Crippen LogP contribution is 2.29. The largest absolute Gasteiger partial charge is 0.454 e. The number of carbonyl (C=O) groups excluding carboxylic acids is 1. The first-order valence-electron chi connectivity index (χ1n) is 6.32. The predicted molar refractivity (Wildman–Crippen MR) is 77.7 cm³/mol. The summed E-state index contributed by atoms with van der Waals surface area (Å²) >= 11 is 0. The molecule has 0 saturated carbocycles. The van der Waals surface area contributed by atoms with Gasteiger partial charge >= 0.3 is 0 Å². The van der Waals surface area contributed by atoms with Gasteiger partial charge in [-0.05, 0) is 31.2 Å². The lowest BCUT2D eigenvalue weighted by Gasteiger charge is -2.11. The number of ether oxygens (including phenoxy) is 1. The average molecular weight is 271 g/mol. The van der Waals surface area contributed by atoms with Crippen LogP contribution in [0.5, 0.6) is 11.5 Å². The number of hydrogen-bond donors (Lipinski definition) is 2. The Hall–Kier alpha value is -2.40. The number of nitrogens with one attached hydrogen (secondary N) is 1. The molecule has 0 fully saturated rings. The van der Waals surface area contributed by atoms with Gasteiger partial charge in [-0.15, -0.1) is 0 Å². The molecule has 0 aliphatic rings. The summed E-state index contributed by atoms with van der Waals surface area (Å²) in [6.45, 7) is 3.32. The van der Waals surface area contributed by atoms with Crippen LogP contribution < -0.4 is 15.8 Å². The van der Waals surface area contributed by atoms with E-state index in [1.54, 1.807) is 24.4 Å². The van der Waals surface area contributed by atoms with Crippen molar-refractivity contribution in [3.8, 4) is 11.5 Å². The van der Waals surface area contributed by atoms with E-state index < -0.39 is 0 Å². The van der Waals surface area contributed by atoms with E-state index in [0.29, 0.717) is 17.2 Å². The number of hydrogen-bond acceptors (Lipinski definition) is 4. The maximum Gasteiger partial charge on any atom is 0.221 e. The zero-order valence-electron chi connectivity index (χ0n) is 11.5. The molecule has 1 amide bonds. The van der Waals surface area contributed by atoms with Gasteiger partial charge in [0.2, 0.25) is 5.91 Å². The number of nitrogens with zero attached hydrogens (tertiary/aromatic N) is 1. The third kappa shape index (κ3) is 3.55. The Morgan fingerprint density at radius 1 is 1.30 bits per heavy atom. The van der Waals surface area contributed by atoms with Crippen molar-refractivity contribution in [2.45, 2.75) is 19.9 Å². The second-order valence-corrected chi connectivity index (χ2v) is 4.49. The van der Waals surface area contributed by atoms with Crippen LogP contribution in [-0.4, -0.2) is 10.9 Å². The van der Waals surface area contributed by atoms with Gasteiger partial charge in [-0.25, -0.2) is 0 Å².